The summed E-state index contributed by atoms with van der Waals surface area (Å²) >= 11 is 0. The molecule has 0 fully saturated rings. The summed E-state index contributed by atoms with van der Waals surface area (Å²) in [6.45, 7) is 1.87. The van der Waals surface area contributed by atoms with Gasteiger partial charge in [0.1, 0.15) is 12.1 Å². The van der Waals surface area contributed by atoms with Crippen molar-refractivity contribution in [1.29, 1.82) is 10.8 Å². The summed E-state index contributed by atoms with van der Waals surface area (Å²) in [6, 6.07) is 7.30. The summed E-state index contributed by atoms with van der Waals surface area (Å²) in [5.41, 5.74) is 6.09. The van der Waals surface area contributed by atoms with E-state index in [1.807, 2.05) is 30.3 Å². The number of nitrogens with two attached hydrogens (primary N) is 1. The lowest BCUT2D eigenvalue weighted by atomic mass is 10.1. The molecule has 8 N–H and O–H groups in total. The average Bonchev–Trinajstić information content (AvgIpc) is 2.76. The largest absolute Gasteiger partial charge is 0.370 e. The fourth-order valence-corrected chi connectivity index (χ4v) is 2.85. The van der Waals surface area contributed by atoms with Crippen LogP contribution in [0.4, 0.5) is 0 Å². The Hall–Kier alpha value is -3.76. The first kappa shape index (κ1) is 26.3. The molecule has 174 valence electrons. The molecule has 0 aliphatic carbocycles. The molecule has 0 heterocycles. The monoisotopic (exact) mass is 445 g/mol. The van der Waals surface area contributed by atoms with Gasteiger partial charge in [-0.25, -0.2) is 0 Å². The predicted molar refractivity (Wildman–Crippen MR) is 120 cm³/mol. The van der Waals surface area contributed by atoms with Crippen molar-refractivity contribution in [3.05, 3.63) is 35.9 Å². The van der Waals surface area contributed by atoms with Gasteiger partial charge in [-0.05, 0) is 24.8 Å². The Labute approximate surface area is 186 Å². The first-order valence-electron chi connectivity index (χ1n) is 10.2. The Bertz CT molecular complexity index is 814. The maximum atomic E-state index is 12.8. The van der Waals surface area contributed by atoms with Gasteiger partial charge in [-0.1, -0.05) is 30.3 Å². The topological polar surface area (TPSA) is 190 Å². The number of hydrogen-bond donors (Lipinski definition) is 7. The molecule has 2 atom stereocenters. The number of Topliss-reactive ketones (excluding diaryl/α,β-unsaturated/α-hetero) is 1. The number of hydrogen-bond acceptors (Lipinski definition) is 6. The van der Waals surface area contributed by atoms with Crippen LogP contribution in [0.5, 0.6) is 0 Å². The summed E-state index contributed by atoms with van der Waals surface area (Å²) in [5.74, 6) is -2.11. The third-order valence-corrected chi connectivity index (χ3v) is 4.46. The van der Waals surface area contributed by atoms with E-state index in [-0.39, 0.29) is 31.8 Å². The molecule has 0 radical (unpaired) electrons. The molecule has 3 amide bonds. The molecule has 0 bridgehead atoms. The highest BCUT2D eigenvalue weighted by Gasteiger charge is 2.26. The summed E-state index contributed by atoms with van der Waals surface area (Å²) in [5, 5.41) is 24.7. The molecule has 0 aliphatic rings. The fraction of sp³-hybridized carbons (Fsp3) is 0.429. The lowest BCUT2D eigenvalue weighted by Gasteiger charge is -2.23. The number of rotatable bonds is 14. The van der Waals surface area contributed by atoms with E-state index in [4.69, 9.17) is 16.6 Å². The first-order valence-corrected chi connectivity index (χ1v) is 10.2. The third kappa shape index (κ3) is 10.9. The zero-order chi connectivity index (χ0) is 23.9. The van der Waals surface area contributed by atoms with Crippen LogP contribution in [-0.2, 0) is 25.7 Å². The van der Waals surface area contributed by atoms with Crippen LogP contribution in [0.3, 0.4) is 0 Å². The average molecular weight is 446 g/mol. The molecule has 0 unspecified atom stereocenters. The smallest absolute Gasteiger partial charge is 0.243 e. The van der Waals surface area contributed by atoms with Crippen molar-refractivity contribution in [3.8, 4) is 0 Å². The van der Waals surface area contributed by atoms with Gasteiger partial charge in [0.05, 0.1) is 6.21 Å². The normalized spacial score (nSPS) is 12.0. The van der Waals surface area contributed by atoms with Gasteiger partial charge in [-0.2, -0.15) is 0 Å². The summed E-state index contributed by atoms with van der Waals surface area (Å²) in [4.78, 5) is 48.5. The highest BCUT2D eigenvalue weighted by molar-refractivity contribution is 6.26. The van der Waals surface area contributed by atoms with Crippen molar-refractivity contribution in [1.82, 2.24) is 21.3 Å². The molecule has 11 heteroatoms. The van der Waals surface area contributed by atoms with Crippen molar-refractivity contribution in [2.45, 2.75) is 51.2 Å². The molecule has 32 heavy (non-hydrogen) atoms. The molecule has 0 saturated heterocycles. The minimum absolute atomic E-state index is 0.0132. The van der Waals surface area contributed by atoms with Crippen LogP contribution in [0, 0.1) is 10.8 Å². The van der Waals surface area contributed by atoms with Crippen LogP contribution in [0.15, 0.2) is 30.3 Å². The lowest BCUT2D eigenvalue weighted by Crippen LogP contribution is -2.53. The van der Waals surface area contributed by atoms with Crippen molar-refractivity contribution >= 4 is 35.7 Å². The van der Waals surface area contributed by atoms with E-state index in [1.54, 1.807) is 0 Å². The number of carbonyl (C=O) groups is 4. The standard InChI is InChI=1S/C21H31N7O4/c1-14(29)27-17(8-5-11-25-21(23)24)20(32)28-18(10-9-16(30)12-22)19(31)26-13-15-6-3-2-4-7-15/h2-4,6-7,12,17-18,22H,5,8-11,13H2,1H3,(H,26,31)(H,27,29)(H,28,32)(H4,23,24,25)/t17-,18-/m0/s1. The fourth-order valence-electron chi connectivity index (χ4n) is 2.85. The number of carbonyl (C=O) groups excluding carboxylic acids is 4. The lowest BCUT2D eigenvalue weighted by molar-refractivity contribution is -0.132. The van der Waals surface area contributed by atoms with Crippen LogP contribution in [0.1, 0.15) is 38.2 Å². The highest BCUT2D eigenvalue weighted by atomic mass is 16.2. The molecule has 0 spiro atoms. The van der Waals surface area contributed by atoms with Gasteiger partial charge in [0, 0.05) is 26.4 Å². The summed E-state index contributed by atoms with van der Waals surface area (Å²) in [6.07, 6.45) is 1.29. The molecule has 0 saturated carbocycles. The van der Waals surface area contributed by atoms with Crippen molar-refractivity contribution in [2.24, 2.45) is 5.73 Å². The Morgan fingerprint density at radius 3 is 2.25 bits per heavy atom. The maximum absolute atomic E-state index is 12.8. The molecular weight excluding hydrogens is 414 g/mol. The zero-order valence-electron chi connectivity index (χ0n) is 18.1. The third-order valence-electron chi connectivity index (χ3n) is 4.46. The Morgan fingerprint density at radius 2 is 1.66 bits per heavy atom. The Kier molecular flexibility index (Phi) is 11.7. The molecule has 1 rings (SSSR count). The summed E-state index contributed by atoms with van der Waals surface area (Å²) < 4.78 is 0. The van der Waals surface area contributed by atoms with Crippen LogP contribution in [0.2, 0.25) is 0 Å². The van der Waals surface area contributed by atoms with E-state index in [0.717, 1.165) is 5.56 Å². The van der Waals surface area contributed by atoms with Crippen LogP contribution in [0.25, 0.3) is 0 Å². The van der Waals surface area contributed by atoms with Gasteiger partial charge in [-0.15, -0.1) is 0 Å². The SMILES string of the molecule is CC(=O)N[C@@H](CCCNC(=N)N)C(=O)N[C@@H](CCC(=O)C=N)C(=O)NCc1ccccc1. The van der Waals surface area contributed by atoms with E-state index in [9.17, 15) is 19.2 Å². The molecule has 0 aliphatic heterocycles. The van der Waals surface area contributed by atoms with Crippen molar-refractivity contribution in [3.63, 3.8) is 0 Å². The van der Waals surface area contributed by atoms with Crippen LogP contribution >= 0.6 is 0 Å². The predicted octanol–water partition coefficient (Wildman–Crippen LogP) is -0.446. The quantitative estimate of drug-likeness (QED) is 0.115. The van der Waals surface area contributed by atoms with Crippen LogP contribution in [-0.4, -0.2) is 54.3 Å². The summed E-state index contributed by atoms with van der Waals surface area (Å²) in [7, 11) is 0. The minimum atomic E-state index is -1.01. The first-order chi connectivity index (χ1) is 15.2. The zero-order valence-corrected chi connectivity index (χ0v) is 18.1. The number of guanidine groups is 1. The van der Waals surface area contributed by atoms with Crippen LogP contribution < -0.4 is 27.0 Å². The Morgan fingerprint density at radius 1 is 1.00 bits per heavy atom. The molecule has 1 aromatic rings. The van der Waals surface area contributed by atoms with Gasteiger partial charge in [0.2, 0.25) is 17.7 Å². The van der Waals surface area contributed by atoms with E-state index in [0.29, 0.717) is 19.2 Å². The molecule has 11 nitrogen and oxygen atoms in total. The second kappa shape index (κ2) is 14.3. The van der Waals surface area contributed by atoms with Crippen molar-refractivity contribution < 1.29 is 19.2 Å². The van der Waals surface area contributed by atoms with E-state index in [1.165, 1.54) is 6.92 Å². The second-order valence-electron chi connectivity index (χ2n) is 7.15. The van der Waals surface area contributed by atoms with Gasteiger partial charge in [0.15, 0.2) is 11.7 Å². The van der Waals surface area contributed by atoms with Gasteiger partial charge < -0.3 is 32.4 Å². The van der Waals surface area contributed by atoms with E-state index in [2.05, 4.69) is 21.3 Å². The number of nitrogens with one attached hydrogen (secondary N) is 6. The van der Waals surface area contributed by atoms with Gasteiger partial charge in [-0.3, -0.25) is 24.6 Å². The molecular formula is C21H31N7O4. The molecule has 0 aromatic heterocycles. The number of amides is 3. The highest BCUT2D eigenvalue weighted by Crippen LogP contribution is 2.04. The van der Waals surface area contributed by atoms with Crippen molar-refractivity contribution in [2.75, 3.05) is 6.54 Å². The van der Waals surface area contributed by atoms with Gasteiger partial charge in [0.25, 0.3) is 0 Å². The molecule has 1 aromatic carbocycles. The van der Waals surface area contributed by atoms with E-state index < -0.39 is 35.6 Å². The van der Waals surface area contributed by atoms with Gasteiger partial charge >= 0.3 is 0 Å². The minimum Gasteiger partial charge on any atom is -0.370 e. The number of ketones is 1. The second-order valence-corrected chi connectivity index (χ2v) is 7.15. The van der Waals surface area contributed by atoms with E-state index >= 15 is 0 Å². The maximum Gasteiger partial charge on any atom is 0.243 e. The number of benzene rings is 1. The Balaban J connectivity index is 2.80.